The molecule has 0 unspecified atom stereocenters. The number of hydrogen-bond donors (Lipinski definition) is 1. The summed E-state index contributed by atoms with van der Waals surface area (Å²) >= 11 is 9.21. The monoisotopic (exact) mass is 280 g/mol. The standard InChI is InChI=1S/C9H10BrClO3/c1-13-5-14-8-3-2-7(10)9(11)6(8)4-12/h2-3,12H,4-5H2,1H3. The number of rotatable bonds is 4. The molecule has 1 aromatic carbocycles. The molecular weight excluding hydrogens is 271 g/mol. The van der Waals surface area contributed by atoms with E-state index >= 15 is 0 Å². The van der Waals surface area contributed by atoms with Crippen molar-refractivity contribution >= 4 is 27.5 Å². The van der Waals surface area contributed by atoms with Gasteiger partial charge in [0.25, 0.3) is 0 Å². The van der Waals surface area contributed by atoms with Gasteiger partial charge in [0.05, 0.1) is 11.6 Å². The van der Waals surface area contributed by atoms with E-state index in [9.17, 15) is 0 Å². The van der Waals surface area contributed by atoms with Gasteiger partial charge in [-0.2, -0.15) is 0 Å². The van der Waals surface area contributed by atoms with E-state index in [4.69, 9.17) is 26.2 Å². The fourth-order valence-corrected chi connectivity index (χ4v) is 1.57. The van der Waals surface area contributed by atoms with Crippen LogP contribution in [0.5, 0.6) is 5.75 Å². The third kappa shape index (κ3) is 2.60. The topological polar surface area (TPSA) is 38.7 Å². The normalized spacial score (nSPS) is 10.3. The molecule has 5 heteroatoms. The number of ether oxygens (including phenoxy) is 2. The quantitative estimate of drug-likeness (QED) is 0.862. The number of benzene rings is 1. The Balaban J connectivity index is 2.98. The van der Waals surface area contributed by atoms with Crippen molar-refractivity contribution in [1.29, 1.82) is 0 Å². The Hall–Kier alpha value is -0.290. The maximum absolute atomic E-state index is 9.10. The summed E-state index contributed by atoms with van der Waals surface area (Å²) in [7, 11) is 1.53. The number of halogens is 2. The Kier molecular flexibility index (Phi) is 4.68. The van der Waals surface area contributed by atoms with Crippen molar-refractivity contribution in [3.05, 3.63) is 27.2 Å². The van der Waals surface area contributed by atoms with E-state index in [-0.39, 0.29) is 13.4 Å². The van der Waals surface area contributed by atoms with Crippen molar-refractivity contribution in [3.8, 4) is 5.75 Å². The second-order valence-corrected chi connectivity index (χ2v) is 3.78. The van der Waals surface area contributed by atoms with Crippen LogP contribution in [0.4, 0.5) is 0 Å². The first-order valence-corrected chi connectivity index (χ1v) is 5.07. The molecule has 0 fully saturated rings. The molecule has 0 bridgehead atoms. The van der Waals surface area contributed by atoms with Crippen LogP contribution in [0, 0.1) is 0 Å². The van der Waals surface area contributed by atoms with Gasteiger partial charge >= 0.3 is 0 Å². The van der Waals surface area contributed by atoms with Crippen LogP contribution in [-0.2, 0) is 11.3 Å². The molecule has 1 aromatic rings. The van der Waals surface area contributed by atoms with Gasteiger partial charge in [-0.3, -0.25) is 0 Å². The Morgan fingerprint density at radius 2 is 2.21 bits per heavy atom. The zero-order chi connectivity index (χ0) is 10.6. The smallest absolute Gasteiger partial charge is 0.188 e. The van der Waals surface area contributed by atoms with E-state index in [2.05, 4.69) is 15.9 Å². The second-order valence-electron chi connectivity index (χ2n) is 2.55. The van der Waals surface area contributed by atoms with Crippen molar-refractivity contribution in [3.63, 3.8) is 0 Å². The summed E-state index contributed by atoms with van der Waals surface area (Å²) in [5.74, 6) is 0.530. The third-order valence-electron chi connectivity index (χ3n) is 1.64. The van der Waals surface area contributed by atoms with Crippen molar-refractivity contribution in [2.45, 2.75) is 6.61 Å². The van der Waals surface area contributed by atoms with Crippen LogP contribution >= 0.6 is 27.5 Å². The molecule has 0 aliphatic carbocycles. The maximum atomic E-state index is 9.10. The van der Waals surface area contributed by atoms with Crippen molar-refractivity contribution in [2.24, 2.45) is 0 Å². The van der Waals surface area contributed by atoms with Gasteiger partial charge in [-0.15, -0.1) is 0 Å². The summed E-state index contributed by atoms with van der Waals surface area (Å²) in [4.78, 5) is 0. The summed E-state index contributed by atoms with van der Waals surface area (Å²) in [5, 5.41) is 9.56. The van der Waals surface area contributed by atoms with Gasteiger partial charge < -0.3 is 14.6 Å². The van der Waals surface area contributed by atoms with E-state index in [0.29, 0.717) is 16.3 Å². The lowest BCUT2D eigenvalue weighted by atomic mass is 10.2. The summed E-state index contributed by atoms with van der Waals surface area (Å²) in [6.07, 6.45) is 0. The highest BCUT2D eigenvalue weighted by atomic mass is 79.9. The van der Waals surface area contributed by atoms with E-state index in [1.165, 1.54) is 7.11 Å². The van der Waals surface area contributed by atoms with Gasteiger partial charge in [0, 0.05) is 17.1 Å². The van der Waals surface area contributed by atoms with Gasteiger partial charge in [-0.25, -0.2) is 0 Å². The van der Waals surface area contributed by atoms with Crippen molar-refractivity contribution < 1.29 is 14.6 Å². The van der Waals surface area contributed by atoms with Crippen LogP contribution in [-0.4, -0.2) is 19.0 Å². The average Bonchev–Trinajstić information content (AvgIpc) is 2.20. The molecule has 1 N–H and O–H groups in total. The molecule has 0 saturated heterocycles. The van der Waals surface area contributed by atoms with Crippen LogP contribution in [0.3, 0.4) is 0 Å². The molecule has 0 heterocycles. The molecule has 0 amide bonds. The van der Waals surface area contributed by atoms with Crippen LogP contribution in [0.1, 0.15) is 5.56 Å². The zero-order valence-corrected chi connectivity index (χ0v) is 9.93. The van der Waals surface area contributed by atoms with Crippen molar-refractivity contribution in [1.82, 2.24) is 0 Å². The highest BCUT2D eigenvalue weighted by molar-refractivity contribution is 9.10. The first kappa shape index (κ1) is 11.8. The first-order chi connectivity index (χ1) is 6.70. The SMILES string of the molecule is COCOc1ccc(Br)c(Cl)c1CO. The molecule has 0 atom stereocenters. The first-order valence-electron chi connectivity index (χ1n) is 3.90. The number of methoxy groups -OCH3 is 1. The largest absolute Gasteiger partial charge is 0.467 e. The molecule has 1 rings (SSSR count). The summed E-state index contributed by atoms with van der Waals surface area (Å²) in [5.41, 5.74) is 0.554. The highest BCUT2D eigenvalue weighted by Crippen LogP contribution is 2.33. The van der Waals surface area contributed by atoms with Gasteiger partial charge in [0.2, 0.25) is 0 Å². The zero-order valence-electron chi connectivity index (χ0n) is 7.59. The second kappa shape index (κ2) is 5.56. The summed E-state index contributed by atoms with van der Waals surface area (Å²) < 4.78 is 10.7. The fourth-order valence-electron chi connectivity index (χ4n) is 0.980. The molecule has 78 valence electrons. The number of hydrogen-bond acceptors (Lipinski definition) is 3. The van der Waals surface area contributed by atoms with Gasteiger partial charge in [-0.05, 0) is 28.1 Å². The Morgan fingerprint density at radius 3 is 2.79 bits per heavy atom. The molecule has 14 heavy (non-hydrogen) atoms. The maximum Gasteiger partial charge on any atom is 0.188 e. The van der Waals surface area contributed by atoms with Crippen LogP contribution < -0.4 is 4.74 Å². The van der Waals surface area contributed by atoms with Gasteiger partial charge in [0.15, 0.2) is 6.79 Å². The molecule has 0 spiro atoms. The third-order valence-corrected chi connectivity index (χ3v) is 2.96. The van der Waals surface area contributed by atoms with E-state index < -0.39 is 0 Å². The minimum atomic E-state index is -0.169. The highest BCUT2D eigenvalue weighted by Gasteiger charge is 2.10. The molecular formula is C9H10BrClO3. The Bertz CT molecular complexity index is 317. The van der Waals surface area contributed by atoms with Crippen molar-refractivity contribution in [2.75, 3.05) is 13.9 Å². The predicted molar refractivity (Wildman–Crippen MR) is 57.6 cm³/mol. The minimum absolute atomic E-state index is 0.130. The summed E-state index contributed by atoms with van der Waals surface area (Å²) in [6.45, 7) is -0.0394. The number of aliphatic hydroxyl groups is 1. The lowest BCUT2D eigenvalue weighted by molar-refractivity contribution is 0.0495. The van der Waals surface area contributed by atoms with E-state index in [0.717, 1.165) is 4.47 Å². The average molecular weight is 282 g/mol. The molecule has 0 saturated carbocycles. The van der Waals surface area contributed by atoms with Crippen LogP contribution in [0.25, 0.3) is 0 Å². The molecule has 0 aliphatic heterocycles. The lowest BCUT2D eigenvalue weighted by Crippen LogP contribution is -2.02. The minimum Gasteiger partial charge on any atom is -0.467 e. The van der Waals surface area contributed by atoms with E-state index in [1.54, 1.807) is 12.1 Å². The van der Waals surface area contributed by atoms with Gasteiger partial charge in [0.1, 0.15) is 5.75 Å². The van der Waals surface area contributed by atoms with Crippen LogP contribution in [0.2, 0.25) is 5.02 Å². The molecule has 0 aliphatic rings. The Morgan fingerprint density at radius 1 is 1.50 bits per heavy atom. The molecule has 0 aromatic heterocycles. The summed E-state index contributed by atoms with van der Waals surface area (Å²) in [6, 6.07) is 3.48. The van der Waals surface area contributed by atoms with Crippen LogP contribution in [0.15, 0.2) is 16.6 Å². The van der Waals surface area contributed by atoms with Gasteiger partial charge in [-0.1, -0.05) is 11.6 Å². The van der Waals surface area contributed by atoms with E-state index in [1.807, 2.05) is 0 Å². The lowest BCUT2D eigenvalue weighted by Gasteiger charge is -2.11. The molecule has 0 radical (unpaired) electrons. The number of aliphatic hydroxyl groups excluding tert-OH is 1. The fraction of sp³-hybridized carbons (Fsp3) is 0.333. The predicted octanol–water partition coefficient (Wildman–Crippen LogP) is 2.58. The molecule has 3 nitrogen and oxygen atoms in total. The Labute approximate surface area is 95.7 Å².